The van der Waals surface area contributed by atoms with Gasteiger partial charge in [-0.05, 0) is 62.1 Å². The zero-order valence-electron chi connectivity index (χ0n) is 25.6. The van der Waals surface area contributed by atoms with Crippen molar-refractivity contribution < 1.29 is 22.7 Å². The Morgan fingerprint density at radius 2 is 1.61 bits per heavy atom. The maximum absolute atomic E-state index is 14.0. The predicted molar refractivity (Wildman–Crippen MR) is 178 cm³/mol. The van der Waals surface area contributed by atoms with Crippen molar-refractivity contribution in [1.82, 2.24) is 10.2 Å². The molecule has 0 unspecified atom stereocenters. The molecule has 11 heteroatoms. The van der Waals surface area contributed by atoms with E-state index < -0.39 is 16.1 Å². The van der Waals surface area contributed by atoms with Crippen LogP contribution in [0.5, 0.6) is 5.75 Å². The number of nitrogens with one attached hydrogen (secondary N) is 1. The van der Waals surface area contributed by atoms with Crippen molar-refractivity contribution in [1.29, 1.82) is 0 Å². The molecule has 44 heavy (non-hydrogen) atoms. The van der Waals surface area contributed by atoms with Crippen molar-refractivity contribution >= 4 is 50.7 Å². The highest BCUT2D eigenvalue weighted by atomic mass is 35.5. The molecule has 0 spiro atoms. The van der Waals surface area contributed by atoms with Crippen LogP contribution in [0.4, 0.5) is 5.69 Å². The van der Waals surface area contributed by atoms with Gasteiger partial charge in [-0.3, -0.25) is 13.9 Å². The highest BCUT2D eigenvalue weighted by molar-refractivity contribution is 7.92. The van der Waals surface area contributed by atoms with Crippen molar-refractivity contribution in [2.24, 2.45) is 0 Å². The summed E-state index contributed by atoms with van der Waals surface area (Å²) in [5, 5.41) is 3.77. The molecule has 8 nitrogen and oxygen atoms in total. The number of carbonyl (C=O) groups is 2. The molecule has 3 rings (SSSR count). The molecule has 3 aromatic rings. The molecule has 0 aliphatic carbocycles. The van der Waals surface area contributed by atoms with E-state index in [0.29, 0.717) is 40.1 Å². The molecule has 0 radical (unpaired) electrons. The van der Waals surface area contributed by atoms with E-state index in [4.69, 9.17) is 27.9 Å². The Morgan fingerprint density at radius 3 is 2.25 bits per heavy atom. The van der Waals surface area contributed by atoms with Gasteiger partial charge in [0.05, 0.1) is 28.6 Å². The van der Waals surface area contributed by atoms with Crippen LogP contribution in [0.15, 0.2) is 72.8 Å². The quantitative estimate of drug-likeness (QED) is 0.189. The van der Waals surface area contributed by atoms with Gasteiger partial charge >= 0.3 is 0 Å². The first-order chi connectivity index (χ1) is 20.9. The third-order valence-corrected chi connectivity index (χ3v) is 9.11. The molecule has 0 heterocycles. The lowest BCUT2D eigenvalue weighted by Gasteiger charge is -2.33. The Morgan fingerprint density at radius 1 is 0.932 bits per heavy atom. The molecule has 0 aliphatic rings. The zero-order chi connectivity index (χ0) is 32.3. The molecule has 2 atom stereocenters. The highest BCUT2D eigenvalue weighted by Gasteiger charge is 2.31. The first kappa shape index (κ1) is 35.2. The summed E-state index contributed by atoms with van der Waals surface area (Å²) in [4.78, 5) is 29.3. The summed E-state index contributed by atoms with van der Waals surface area (Å²) in [6.45, 7) is 6.27. The number of benzene rings is 3. The van der Waals surface area contributed by atoms with Crippen LogP contribution < -0.4 is 14.4 Å². The number of halogens is 2. The summed E-state index contributed by atoms with van der Waals surface area (Å²) in [5.74, 6) is -0.111. The minimum atomic E-state index is -3.68. The van der Waals surface area contributed by atoms with Crippen LogP contribution in [0.2, 0.25) is 10.0 Å². The van der Waals surface area contributed by atoms with E-state index in [1.54, 1.807) is 47.4 Å². The fourth-order valence-corrected chi connectivity index (χ4v) is 6.04. The normalized spacial score (nSPS) is 12.7. The van der Waals surface area contributed by atoms with E-state index in [1.165, 1.54) is 4.31 Å². The van der Waals surface area contributed by atoms with E-state index >= 15 is 0 Å². The maximum atomic E-state index is 14.0. The third-order valence-electron chi connectivity index (χ3n) is 7.20. The van der Waals surface area contributed by atoms with Crippen LogP contribution in [0.1, 0.15) is 51.2 Å². The summed E-state index contributed by atoms with van der Waals surface area (Å²) in [5.41, 5.74) is 2.02. The molecule has 0 saturated heterocycles. The number of rotatable bonds is 16. The summed E-state index contributed by atoms with van der Waals surface area (Å²) in [6.07, 6.45) is 2.38. The number of amides is 2. The van der Waals surface area contributed by atoms with Gasteiger partial charge in [0, 0.05) is 32.0 Å². The van der Waals surface area contributed by atoms with E-state index in [2.05, 4.69) is 5.32 Å². The predicted octanol–water partition coefficient (Wildman–Crippen LogP) is 6.49. The van der Waals surface area contributed by atoms with Crippen LogP contribution in [0, 0.1) is 0 Å². The zero-order valence-corrected chi connectivity index (χ0v) is 28.0. The van der Waals surface area contributed by atoms with Crippen LogP contribution in [-0.4, -0.2) is 56.6 Å². The lowest BCUT2D eigenvalue weighted by Crippen LogP contribution is -2.52. The minimum absolute atomic E-state index is 0.00600. The van der Waals surface area contributed by atoms with E-state index in [1.807, 2.05) is 51.1 Å². The second kappa shape index (κ2) is 16.7. The molecule has 3 aromatic carbocycles. The smallest absolute Gasteiger partial charge is 0.243 e. The number of carbonyl (C=O) groups excluding carboxylic acids is 2. The number of ether oxygens (including phenoxy) is 1. The standard InChI is InChI=1S/C33H41Cl2N3O5S/c1-5-24(3)36-33(40)30(22-25-13-8-7-9-14-25)37(23-26-18-19-27(34)28(35)21-26)32(39)17-12-20-38(44(4,41)42)29-15-10-11-16-31(29)43-6-2/h7-11,13-16,18-19,21,24,30H,5-6,12,17,20,22-23H2,1-4H3,(H,36,40)/t24-,30-/m0/s1. The molecular formula is C33H41Cl2N3O5S. The molecule has 2 amide bonds. The van der Waals surface area contributed by atoms with Gasteiger partial charge in [-0.15, -0.1) is 0 Å². The van der Waals surface area contributed by atoms with Crippen molar-refractivity contribution in [3.8, 4) is 5.75 Å². The van der Waals surface area contributed by atoms with Gasteiger partial charge in [0.15, 0.2) is 0 Å². The Balaban J connectivity index is 1.93. The number of para-hydroxylation sites is 2. The largest absolute Gasteiger partial charge is 0.492 e. The summed E-state index contributed by atoms with van der Waals surface area (Å²) < 4.78 is 32.6. The number of anilines is 1. The average molecular weight is 663 g/mol. The number of hydrogen-bond acceptors (Lipinski definition) is 5. The summed E-state index contributed by atoms with van der Waals surface area (Å²) in [6, 6.07) is 20.6. The van der Waals surface area contributed by atoms with E-state index in [9.17, 15) is 18.0 Å². The van der Waals surface area contributed by atoms with Gasteiger partial charge < -0.3 is 15.0 Å². The monoisotopic (exact) mass is 661 g/mol. The van der Waals surface area contributed by atoms with Gasteiger partial charge in [0.25, 0.3) is 0 Å². The molecular weight excluding hydrogens is 621 g/mol. The van der Waals surface area contributed by atoms with Gasteiger partial charge in [-0.1, -0.05) is 78.7 Å². The van der Waals surface area contributed by atoms with Crippen LogP contribution in [0.3, 0.4) is 0 Å². The topological polar surface area (TPSA) is 96.0 Å². The summed E-state index contributed by atoms with van der Waals surface area (Å²) in [7, 11) is -3.68. The molecule has 0 fully saturated rings. The third kappa shape index (κ3) is 10.1. The molecule has 0 saturated carbocycles. The first-order valence-electron chi connectivity index (χ1n) is 14.7. The Hall–Kier alpha value is -3.27. The van der Waals surface area contributed by atoms with Gasteiger partial charge in [-0.25, -0.2) is 8.42 Å². The van der Waals surface area contributed by atoms with Crippen LogP contribution in [0.25, 0.3) is 0 Å². The Labute approximate surface area is 271 Å². The second-order valence-corrected chi connectivity index (χ2v) is 13.4. The molecule has 0 bridgehead atoms. The lowest BCUT2D eigenvalue weighted by atomic mass is 10.0. The molecule has 0 aliphatic heterocycles. The SMILES string of the molecule is CCOc1ccccc1N(CCCC(=O)N(Cc1ccc(Cl)c(Cl)c1)[C@@H](Cc1ccccc1)C(=O)N[C@@H](C)CC)S(C)(=O)=O. The number of sulfonamides is 1. The fraction of sp³-hybridized carbons (Fsp3) is 0.394. The fourth-order valence-electron chi connectivity index (χ4n) is 4.75. The van der Waals surface area contributed by atoms with Crippen molar-refractivity contribution in [2.75, 3.05) is 23.7 Å². The van der Waals surface area contributed by atoms with Gasteiger partial charge in [0.1, 0.15) is 11.8 Å². The Bertz CT molecular complexity index is 1500. The highest BCUT2D eigenvalue weighted by Crippen LogP contribution is 2.30. The van der Waals surface area contributed by atoms with Gasteiger partial charge in [0.2, 0.25) is 21.8 Å². The van der Waals surface area contributed by atoms with E-state index in [-0.39, 0.29) is 43.8 Å². The van der Waals surface area contributed by atoms with E-state index in [0.717, 1.165) is 18.2 Å². The van der Waals surface area contributed by atoms with Crippen molar-refractivity contribution in [3.05, 3.63) is 94.0 Å². The van der Waals surface area contributed by atoms with Crippen LogP contribution in [-0.2, 0) is 32.6 Å². The summed E-state index contributed by atoms with van der Waals surface area (Å²) >= 11 is 12.5. The minimum Gasteiger partial charge on any atom is -0.492 e. The molecule has 0 aromatic heterocycles. The lowest BCUT2D eigenvalue weighted by molar-refractivity contribution is -0.141. The molecule has 238 valence electrons. The van der Waals surface area contributed by atoms with Crippen LogP contribution >= 0.6 is 23.2 Å². The first-order valence-corrected chi connectivity index (χ1v) is 17.3. The second-order valence-electron chi connectivity index (χ2n) is 10.6. The maximum Gasteiger partial charge on any atom is 0.243 e. The van der Waals surface area contributed by atoms with Crippen molar-refractivity contribution in [2.45, 2.75) is 65.1 Å². The van der Waals surface area contributed by atoms with Gasteiger partial charge in [-0.2, -0.15) is 0 Å². The van der Waals surface area contributed by atoms with Crippen molar-refractivity contribution in [3.63, 3.8) is 0 Å². The number of hydrogen-bond donors (Lipinski definition) is 1. The Kier molecular flexibility index (Phi) is 13.4. The average Bonchev–Trinajstić information content (AvgIpc) is 2.99. The number of nitrogens with zero attached hydrogens (tertiary/aromatic N) is 2. The molecule has 1 N–H and O–H groups in total.